The van der Waals surface area contributed by atoms with Crippen LogP contribution < -0.4 is 5.32 Å². The van der Waals surface area contributed by atoms with Crippen LogP contribution in [0.1, 0.15) is 29.3 Å². The van der Waals surface area contributed by atoms with Crippen molar-refractivity contribution in [3.8, 4) is 5.75 Å². The number of aromatic hydroxyl groups is 1. The highest BCUT2D eigenvalue weighted by atomic mass is 16.3. The molecular weight excluding hydrogens is 268 g/mol. The van der Waals surface area contributed by atoms with Gasteiger partial charge in [-0.1, -0.05) is 18.2 Å². The summed E-state index contributed by atoms with van der Waals surface area (Å²) in [7, 11) is 0. The van der Waals surface area contributed by atoms with Gasteiger partial charge < -0.3 is 15.3 Å². The molecule has 3 rings (SSSR count). The molecule has 5 nitrogen and oxygen atoms in total. The van der Waals surface area contributed by atoms with Crippen LogP contribution in [0, 0.1) is 6.92 Å². The number of nitrogens with zero attached hydrogens (tertiary/aromatic N) is 1. The molecule has 2 aliphatic heterocycles. The summed E-state index contributed by atoms with van der Waals surface area (Å²) >= 11 is 0. The number of rotatable bonds is 1. The standard InChI is InChI=1S/C16H16N2O3/c1-3-4-10-7-12-15(20)17-13-11(16(21)18(12)8-10)6-5-9(2)14(13)19/h3-6,8,12,19H,7H2,1-2H3,(H,17,20). The molecular formula is C16H16N2O3. The van der Waals surface area contributed by atoms with Crippen molar-refractivity contribution in [3.05, 3.63) is 47.2 Å². The van der Waals surface area contributed by atoms with Gasteiger partial charge in [-0.05, 0) is 31.1 Å². The van der Waals surface area contributed by atoms with Crippen molar-refractivity contribution in [2.24, 2.45) is 0 Å². The number of benzene rings is 1. The Morgan fingerprint density at radius 2 is 2.14 bits per heavy atom. The fraction of sp³-hybridized carbons (Fsp3) is 0.250. The van der Waals surface area contributed by atoms with Gasteiger partial charge in [-0.3, -0.25) is 9.59 Å². The van der Waals surface area contributed by atoms with Crippen LogP contribution in [0.3, 0.4) is 0 Å². The molecule has 0 saturated heterocycles. The number of aryl methyl sites for hydroxylation is 1. The predicted octanol–water partition coefficient (Wildman–Crippen LogP) is 2.33. The highest BCUT2D eigenvalue weighted by Gasteiger charge is 2.39. The lowest BCUT2D eigenvalue weighted by Crippen LogP contribution is -2.38. The van der Waals surface area contributed by atoms with Crippen LogP contribution in [0.15, 0.2) is 36.1 Å². The summed E-state index contributed by atoms with van der Waals surface area (Å²) < 4.78 is 0. The van der Waals surface area contributed by atoms with Gasteiger partial charge in [0.05, 0.1) is 11.3 Å². The second kappa shape index (κ2) is 4.77. The van der Waals surface area contributed by atoms with Gasteiger partial charge in [-0.2, -0.15) is 0 Å². The lowest BCUT2D eigenvalue weighted by atomic mass is 10.1. The summed E-state index contributed by atoms with van der Waals surface area (Å²) in [4.78, 5) is 26.4. The van der Waals surface area contributed by atoms with Crippen LogP contribution in [0.2, 0.25) is 0 Å². The monoisotopic (exact) mass is 284 g/mol. The van der Waals surface area contributed by atoms with E-state index in [0.717, 1.165) is 5.57 Å². The van der Waals surface area contributed by atoms with Crippen molar-refractivity contribution in [3.63, 3.8) is 0 Å². The third kappa shape index (κ3) is 2.01. The summed E-state index contributed by atoms with van der Waals surface area (Å²) in [6.07, 6.45) is 5.96. The quantitative estimate of drug-likeness (QED) is 0.778. The van der Waals surface area contributed by atoms with E-state index in [1.54, 1.807) is 25.3 Å². The second-order valence-corrected chi connectivity index (χ2v) is 5.28. The molecule has 1 aromatic rings. The zero-order chi connectivity index (χ0) is 15.1. The van der Waals surface area contributed by atoms with E-state index < -0.39 is 6.04 Å². The minimum Gasteiger partial charge on any atom is -0.505 e. The van der Waals surface area contributed by atoms with Gasteiger partial charge >= 0.3 is 0 Å². The van der Waals surface area contributed by atoms with Crippen LogP contribution in [0.4, 0.5) is 5.69 Å². The van der Waals surface area contributed by atoms with Crippen molar-refractivity contribution in [1.82, 2.24) is 4.90 Å². The molecule has 21 heavy (non-hydrogen) atoms. The molecule has 5 heteroatoms. The zero-order valence-corrected chi connectivity index (χ0v) is 11.9. The zero-order valence-electron chi connectivity index (χ0n) is 11.9. The molecule has 0 saturated carbocycles. The third-order valence-corrected chi connectivity index (χ3v) is 3.85. The van der Waals surface area contributed by atoms with Gasteiger partial charge in [-0.15, -0.1) is 0 Å². The molecule has 2 aliphatic rings. The highest BCUT2D eigenvalue weighted by Crippen LogP contribution is 2.37. The maximum Gasteiger partial charge on any atom is 0.260 e. The minimum absolute atomic E-state index is 0.0481. The lowest BCUT2D eigenvalue weighted by Gasteiger charge is -2.18. The fourth-order valence-corrected chi connectivity index (χ4v) is 2.73. The Morgan fingerprint density at radius 3 is 2.86 bits per heavy atom. The van der Waals surface area contributed by atoms with E-state index in [4.69, 9.17) is 0 Å². The molecule has 2 amide bonds. The third-order valence-electron chi connectivity index (χ3n) is 3.85. The molecule has 0 aromatic heterocycles. The van der Waals surface area contributed by atoms with Crippen molar-refractivity contribution < 1.29 is 14.7 Å². The SMILES string of the molecule is CC=CC1=CN2C(=O)c3ccc(C)c(O)c3NC(=O)C2C1. The number of hydrogen-bond donors (Lipinski definition) is 2. The lowest BCUT2D eigenvalue weighted by molar-refractivity contribution is -0.119. The van der Waals surface area contributed by atoms with E-state index in [1.807, 2.05) is 19.1 Å². The molecule has 0 fully saturated rings. The smallest absolute Gasteiger partial charge is 0.260 e. The molecule has 1 unspecified atom stereocenters. The Morgan fingerprint density at radius 1 is 1.38 bits per heavy atom. The molecule has 2 heterocycles. The van der Waals surface area contributed by atoms with Crippen molar-refractivity contribution in [2.45, 2.75) is 26.3 Å². The second-order valence-electron chi connectivity index (χ2n) is 5.28. The van der Waals surface area contributed by atoms with Crippen LogP contribution >= 0.6 is 0 Å². The maximum atomic E-state index is 12.6. The maximum absolute atomic E-state index is 12.6. The van der Waals surface area contributed by atoms with Gasteiger partial charge in [0.25, 0.3) is 5.91 Å². The number of phenols is 1. The molecule has 1 atom stereocenters. The van der Waals surface area contributed by atoms with Gasteiger partial charge in [0.2, 0.25) is 5.91 Å². The number of carbonyl (C=O) groups excluding carboxylic acids is 2. The number of allylic oxidation sites excluding steroid dienone is 2. The van der Waals surface area contributed by atoms with Crippen molar-refractivity contribution in [1.29, 1.82) is 0 Å². The van der Waals surface area contributed by atoms with E-state index >= 15 is 0 Å². The average molecular weight is 284 g/mol. The van der Waals surface area contributed by atoms with Crippen molar-refractivity contribution in [2.75, 3.05) is 5.32 Å². The molecule has 0 bridgehead atoms. The van der Waals surface area contributed by atoms with Gasteiger partial charge in [0, 0.05) is 12.6 Å². The highest BCUT2D eigenvalue weighted by molar-refractivity contribution is 6.12. The Bertz CT molecular complexity index is 704. The van der Waals surface area contributed by atoms with Crippen LogP contribution in [-0.2, 0) is 4.79 Å². The van der Waals surface area contributed by atoms with Crippen molar-refractivity contribution >= 4 is 17.5 Å². The Kier molecular flexibility index (Phi) is 3.05. The minimum atomic E-state index is -0.559. The first-order chi connectivity index (χ1) is 10.0. The van der Waals surface area contributed by atoms with E-state index in [9.17, 15) is 14.7 Å². The number of fused-ring (bicyclic) bond motifs is 2. The Hall–Kier alpha value is -2.56. The van der Waals surface area contributed by atoms with E-state index in [1.165, 1.54) is 4.90 Å². The van der Waals surface area contributed by atoms with Crippen LogP contribution in [0.5, 0.6) is 5.75 Å². The molecule has 0 aliphatic carbocycles. The Balaban J connectivity index is 2.11. The fourth-order valence-electron chi connectivity index (χ4n) is 2.73. The largest absolute Gasteiger partial charge is 0.505 e. The van der Waals surface area contributed by atoms with E-state index in [2.05, 4.69) is 5.32 Å². The van der Waals surface area contributed by atoms with Gasteiger partial charge in [-0.25, -0.2) is 0 Å². The molecule has 108 valence electrons. The number of amides is 2. The number of hydrogen-bond acceptors (Lipinski definition) is 3. The summed E-state index contributed by atoms with van der Waals surface area (Å²) in [6, 6.07) is 2.75. The Labute approximate surface area is 122 Å². The first-order valence-corrected chi connectivity index (χ1v) is 6.82. The first kappa shape index (κ1) is 13.4. The topological polar surface area (TPSA) is 69.6 Å². The summed E-state index contributed by atoms with van der Waals surface area (Å²) in [6.45, 7) is 3.62. The first-order valence-electron chi connectivity index (χ1n) is 6.82. The molecule has 0 radical (unpaired) electrons. The number of carbonyl (C=O) groups is 2. The number of anilines is 1. The number of nitrogens with one attached hydrogen (secondary N) is 1. The summed E-state index contributed by atoms with van der Waals surface area (Å²) in [5, 5.41) is 12.8. The summed E-state index contributed by atoms with van der Waals surface area (Å²) in [5.74, 6) is -0.602. The molecule has 1 aromatic carbocycles. The normalized spacial score (nSPS) is 21.0. The molecule has 0 spiro atoms. The van der Waals surface area contributed by atoms with Gasteiger partial charge in [0.15, 0.2) is 0 Å². The molecule has 2 N–H and O–H groups in total. The van der Waals surface area contributed by atoms with Crippen LogP contribution in [0.25, 0.3) is 0 Å². The summed E-state index contributed by atoms with van der Waals surface area (Å²) in [5.41, 5.74) is 2.08. The predicted molar refractivity (Wildman–Crippen MR) is 78.9 cm³/mol. The van der Waals surface area contributed by atoms with E-state index in [0.29, 0.717) is 17.5 Å². The number of phenolic OH excluding ortho intramolecular Hbond substituents is 1. The van der Waals surface area contributed by atoms with E-state index in [-0.39, 0.29) is 23.3 Å². The average Bonchev–Trinajstić information content (AvgIpc) is 2.84. The van der Waals surface area contributed by atoms with Gasteiger partial charge in [0.1, 0.15) is 11.8 Å². The van der Waals surface area contributed by atoms with Crippen LogP contribution in [-0.4, -0.2) is 27.9 Å².